The predicted octanol–water partition coefficient (Wildman–Crippen LogP) is 4.69. The summed E-state index contributed by atoms with van der Waals surface area (Å²) >= 11 is 10.7. The second-order valence-corrected chi connectivity index (χ2v) is 6.14. The Balaban J connectivity index is 2.47. The quantitative estimate of drug-likeness (QED) is 0.844. The van der Waals surface area contributed by atoms with Crippen LogP contribution in [0.2, 0.25) is 5.02 Å². The first-order valence-electron chi connectivity index (χ1n) is 4.88. The lowest BCUT2D eigenvalue weighted by Gasteiger charge is -2.11. The number of thiophene rings is 1. The summed E-state index contributed by atoms with van der Waals surface area (Å²) in [6.45, 7) is 1.92. The highest BCUT2D eigenvalue weighted by molar-refractivity contribution is 9.10. The van der Waals surface area contributed by atoms with E-state index in [9.17, 15) is 9.50 Å². The highest BCUT2D eigenvalue weighted by Crippen LogP contribution is 2.36. The van der Waals surface area contributed by atoms with Crippen LogP contribution in [0.15, 0.2) is 28.7 Å². The van der Waals surface area contributed by atoms with Gasteiger partial charge >= 0.3 is 0 Å². The third-order valence-electron chi connectivity index (χ3n) is 2.42. The summed E-state index contributed by atoms with van der Waals surface area (Å²) in [5, 5.41) is 10.4. The van der Waals surface area contributed by atoms with Gasteiger partial charge in [0.15, 0.2) is 0 Å². The number of aliphatic hydroxyl groups excluding tert-OH is 1. The molecule has 2 rings (SSSR count). The van der Waals surface area contributed by atoms with E-state index in [1.807, 2.05) is 6.92 Å². The molecular weight excluding hydrogens is 327 g/mol. The zero-order valence-corrected chi connectivity index (χ0v) is 12.0. The van der Waals surface area contributed by atoms with Crippen molar-refractivity contribution in [2.24, 2.45) is 0 Å². The molecule has 2 aromatic rings. The SMILES string of the molecule is Cc1sc(C(O)c2c(F)cccc2Cl)cc1Br. The van der Waals surface area contributed by atoms with Gasteiger partial charge in [-0.05, 0) is 41.1 Å². The molecule has 0 amide bonds. The van der Waals surface area contributed by atoms with Crippen LogP contribution < -0.4 is 0 Å². The molecular formula is C12H9BrClFOS. The molecule has 1 nitrogen and oxygen atoms in total. The Labute approximate surface area is 116 Å². The zero-order valence-electron chi connectivity index (χ0n) is 8.88. The Kier molecular flexibility index (Phi) is 3.88. The van der Waals surface area contributed by atoms with Gasteiger partial charge in [0.1, 0.15) is 11.9 Å². The van der Waals surface area contributed by atoms with E-state index in [-0.39, 0.29) is 10.6 Å². The summed E-state index contributed by atoms with van der Waals surface area (Å²) in [6, 6.07) is 6.16. The molecule has 1 unspecified atom stereocenters. The average molecular weight is 336 g/mol. The highest BCUT2D eigenvalue weighted by atomic mass is 79.9. The number of benzene rings is 1. The molecule has 0 spiro atoms. The smallest absolute Gasteiger partial charge is 0.130 e. The average Bonchev–Trinajstić information content (AvgIpc) is 2.59. The Hall–Kier alpha value is -0.420. The van der Waals surface area contributed by atoms with Crippen molar-refractivity contribution in [1.82, 2.24) is 0 Å². The van der Waals surface area contributed by atoms with Gasteiger partial charge in [0, 0.05) is 24.8 Å². The molecule has 0 saturated heterocycles. The largest absolute Gasteiger partial charge is 0.383 e. The summed E-state index contributed by atoms with van der Waals surface area (Å²) in [7, 11) is 0. The molecule has 0 saturated carbocycles. The van der Waals surface area contributed by atoms with Gasteiger partial charge in [0.25, 0.3) is 0 Å². The van der Waals surface area contributed by atoms with E-state index in [0.29, 0.717) is 4.88 Å². The first-order valence-corrected chi connectivity index (χ1v) is 6.87. The van der Waals surface area contributed by atoms with E-state index in [4.69, 9.17) is 11.6 Å². The van der Waals surface area contributed by atoms with Crippen molar-refractivity contribution < 1.29 is 9.50 Å². The van der Waals surface area contributed by atoms with E-state index < -0.39 is 11.9 Å². The van der Waals surface area contributed by atoms with Crippen molar-refractivity contribution in [3.05, 3.63) is 54.9 Å². The topological polar surface area (TPSA) is 20.2 Å². The molecule has 0 aliphatic rings. The van der Waals surface area contributed by atoms with Crippen LogP contribution in [-0.4, -0.2) is 5.11 Å². The third kappa shape index (κ3) is 2.55. The van der Waals surface area contributed by atoms with Gasteiger partial charge in [-0.25, -0.2) is 4.39 Å². The number of hydrogen-bond acceptors (Lipinski definition) is 2. The Morgan fingerprint density at radius 1 is 1.47 bits per heavy atom. The van der Waals surface area contributed by atoms with Crippen molar-refractivity contribution in [3.63, 3.8) is 0 Å². The maximum absolute atomic E-state index is 13.6. The van der Waals surface area contributed by atoms with Gasteiger partial charge < -0.3 is 5.11 Å². The Morgan fingerprint density at radius 2 is 2.18 bits per heavy atom. The van der Waals surface area contributed by atoms with Crippen LogP contribution in [-0.2, 0) is 0 Å². The summed E-state index contributed by atoms with van der Waals surface area (Å²) in [5.41, 5.74) is 0.128. The molecule has 1 N–H and O–H groups in total. The van der Waals surface area contributed by atoms with Gasteiger partial charge in [0.2, 0.25) is 0 Å². The molecule has 90 valence electrons. The fourth-order valence-corrected chi connectivity index (χ4v) is 3.35. The molecule has 0 radical (unpaired) electrons. The normalized spacial score (nSPS) is 12.8. The van der Waals surface area contributed by atoms with E-state index in [2.05, 4.69) is 15.9 Å². The molecule has 17 heavy (non-hydrogen) atoms. The van der Waals surface area contributed by atoms with Gasteiger partial charge in [-0.15, -0.1) is 11.3 Å². The molecule has 0 fully saturated rings. The van der Waals surface area contributed by atoms with E-state index in [0.717, 1.165) is 9.35 Å². The van der Waals surface area contributed by atoms with Crippen molar-refractivity contribution in [2.75, 3.05) is 0 Å². The Morgan fingerprint density at radius 3 is 2.71 bits per heavy atom. The van der Waals surface area contributed by atoms with Crippen LogP contribution in [0.1, 0.15) is 21.4 Å². The number of hydrogen-bond donors (Lipinski definition) is 1. The van der Waals surface area contributed by atoms with Crippen LogP contribution in [0.25, 0.3) is 0 Å². The third-order valence-corrected chi connectivity index (χ3v) is 4.94. The number of rotatable bonds is 2. The minimum Gasteiger partial charge on any atom is -0.383 e. The van der Waals surface area contributed by atoms with E-state index >= 15 is 0 Å². The standard InChI is InChI=1S/C12H9BrClFOS/c1-6-7(13)5-10(17-6)12(16)11-8(14)3-2-4-9(11)15/h2-5,12,16H,1H3. The molecule has 1 atom stereocenters. The molecule has 0 aliphatic carbocycles. The monoisotopic (exact) mass is 334 g/mol. The van der Waals surface area contributed by atoms with Crippen LogP contribution in [0, 0.1) is 12.7 Å². The second kappa shape index (κ2) is 5.06. The highest BCUT2D eigenvalue weighted by Gasteiger charge is 2.20. The molecule has 1 heterocycles. The van der Waals surface area contributed by atoms with Crippen LogP contribution in [0.4, 0.5) is 4.39 Å². The zero-order chi connectivity index (χ0) is 12.6. The minimum absolute atomic E-state index is 0.128. The fraction of sp³-hybridized carbons (Fsp3) is 0.167. The number of aliphatic hydroxyl groups is 1. The molecule has 1 aromatic carbocycles. The molecule has 0 aliphatic heterocycles. The lowest BCUT2D eigenvalue weighted by Crippen LogP contribution is -2.01. The van der Waals surface area contributed by atoms with Gasteiger partial charge in [-0.3, -0.25) is 0 Å². The van der Waals surface area contributed by atoms with Crippen molar-refractivity contribution in [2.45, 2.75) is 13.0 Å². The van der Waals surface area contributed by atoms with Crippen molar-refractivity contribution >= 4 is 38.9 Å². The minimum atomic E-state index is -1.03. The maximum Gasteiger partial charge on any atom is 0.130 e. The molecule has 1 aromatic heterocycles. The van der Waals surface area contributed by atoms with Crippen LogP contribution in [0.3, 0.4) is 0 Å². The van der Waals surface area contributed by atoms with Gasteiger partial charge in [0.05, 0.1) is 0 Å². The van der Waals surface area contributed by atoms with Gasteiger partial charge in [-0.2, -0.15) is 0 Å². The lowest BCUT2D eigenvalue weighted by molar-refractivity contribution is 0.219. The van der Waals surface area contributed by atoms with E-state index in [1.54, 1.807) is 12.1 Å². The van der Waals surface area contributed by atoms with Gasteiger partial charge in [-0.1, -0.05) is 17.7 Å². The predicted molar refractivity (Wildman–Crippen MR) is 72.2 cm³/mol. The number of halogens is 3. The molecule has 0 bridgehead atoms. The van der Waals surface area contributed by atoms with Crippen LogP contribution in [0.5, 0.6) is 0 Å². The summed E-state index contributed by atoms with van der Waals surface area (Å²) in [4.78, 5) is 1.70. The first-order chi connectivity index (χ1) is 8.00. The fourth-order valence-electron chi connectivity index (χ4n) is 1.53. The second-order valence-electron chi connectivity index (χ2n) is 3.59. The lowest BCUT2D eigenvalue weighted by atomic mass is 10.1. The van der Waals surface area contributed by atoms with E-state index in [1.165, 1.54) is 23.5 Å². The molecule has 5 heteroatoms. The van der Waals surface area contributed by atoms with Crippen molar-refractivity contribution in [3.8, 4) is 0 Å². The number of aryl methyl sites for hydroxylation is 1. The van der Waals surface area contributed by atoms with Crippen LogP contribution >= 0.6 is 38.9 Å². The first kappa shape index (κ1) is 13.0. The van der Waals surface area contributed by atoms with Crippen molar-refractivity contribution in [1.29, 1.82) is 0 Å². The maximum atomic E-state index is 13.6. The Bertz CT molecular complexity index is 516. The summed E-state index contributed by atoms with van der Waals surface area (Å²) in [6.07, 6.45) is -1.03. The summed E-state index contributed by atoms with van der Waals surface area (Å²) in [5.74, 6) is -0.493. The summed E-state index contributed by atoms with van der Waals surface area (Å²) < 4.78 is 14.5.